The van der Waals surface area contributed by atoms with Gasteiger partial charge in [0.15, 0.2) is 0 Å². The first-order valence-electron chi connectivity index (χ1n) is 6.56. The Kier molecular flexibility index (Phi) is 3.43. The van der Waals surface area contributed by atoms with E-state index in [4.69, 9.17) is 5.73 Å². The van der Waals surface area contributed by atoms with Gasteiger partial charge in [0.05, 0.1) is 5.69 Å². The summed E-state index contributed by atoms with van der Waals surface area (Å²) < 4.78 is 2.27. The Morgan fingerprint density at radius 1 is 1.47 bits per heavy atom. The molecule has 2 atom stereocenters. The van der Waals surface area contributed by atoms with Crippen molar-refractivity contribution in [3.05, 3.63) is 11.9 Å². The number of anilines is 1. The van der Waals surface area contributed by atoms with Crippen LogP contribution in [0.3, 0.4) is 0 Å². The second kappa shape index (κ2) is 4.69. The number of aryl methyl sites for hydroxylation is 1. The number of rotatable bonds is 2. The second-order valence-electron chi connectivity index (χ2n) is 5.51. The first-order chi connectivity index (χ1) is 7.99. The fourth-order valence-electron chi connectivity index (χ4n) is 2.60. The van der Waals surface area contributed by atoms with Gasteiger partial charge < -0.3 is 15.2 Å². The predicted molar refractivity (Wildman–Crippen MR) is 71.4 cm³/mol. The fourth-order valence-corrected chi connectivity index (χ4v) is 2.60. The minimum absolute atomic E-state index is 0.352. The van der Waals surface area contributed by atoms with Crippen molar-refractivity contribution in [1.82, 2.24) is 9.55 Å². The van der Waals surface area contributed by atoms with E-state index in [1.807, 2.05) is 0 Å². The van der Waals surface area contributed by atoms with Gasteiger partial charge in [0.1, 0.15) is 0 Å². The van der Waals surface area contributed by atoms with Crippen molar-refractivity contribution < 1.29 is 0 Å². The summed E-state index contributed by atoms with van der Waals surface area (Å²) in [4.78, 5) is 7.08. The summed E-state index contributed by atoms with van der Waals surface area (Å²) in [5.74, 6) is 1.11. The monoisotopic (exact) mass is 236 g/mol. The molecule has 0 aliphatic carbocycles. The van der Waals surface area contributed by atoms with E-state index in [0.29, 0.717) is 18.1 Å². The average molecular weight is 236 g/mol. The van der Waals surface area contributed by atoms with Crippen molar-refractivity contribution in [1.29, 1.82) is 0 Å². The van der Waals surface area contributed by atoms with Crippen molar-refractivity contribution >= 4 is 5.95 Å². The molecule has 1 aliphatic heterocycles. The number of imidazole rings is 1. The van der Waals surface area contributed by atoms with Crippen LogP contribution in [0, 0.1) is 6.92 Å². The van der Waals surface area contributed by atoms with Crippen LogP contribution in [0.2, 0.25) is 0 Å². The maximum atomic E-state index is 6.01. The first kappa shape index (κ1) is 12.4. The van der Waals surface area contributed by atoms with Crippen LogP contribution in [0.15, 0.2) is 6.20 Å². The fraction of sp³-hybridized carbons (Fsp3) is 0.769. The number of hydrogen-bond acceptors (Lipinski definition) is 3. The van der Waals surface area contributed by atoms with Crippen LogP contribution in [-0.2, 0) is 0 Å². The molecule has 0 amide bonds. The zero-order valence-electron chi connectivity index (χ0n) is 11.3. The number of piperidine rings is 1. The molecule has 0 saturated carbocycles. The maximum absolute atomic E-state index is 6.01. The summed E-state index contributed by atoms with van der Waals surface area (Å²) in [7, 11) is 0. The normalized spacial score (nSPS) is 25.6. The smallest absolute Gasteiger partial charge is 0.206 e. The van der Waals surface area contributed by atoms with Crippen molar-refractivity contribution in [3.8, 4) is 0 Å². The Balaban J connectivity index is 2.27. The molecule has 4 nitrogen and oxygen atoms in total. The molecule has 1 aromatic rings. The standard InChI is InChI=1S/C13H24N4/c1-9(2)17-8-10(3)15-13(17)16-6-5-12(14)7-11(16)4/h8-9,11-12H,5-7,14H2,1-4H3. The molecule has 17 heavy (non-hydrogen) atoms. The minimum Gasteiger partial charge on any atom is -0.339 e. The lowest BCUT2D eigenvalue weighted by Crippen LogP contribution is -2.46. The van der Waals surface area contributed by atoms with Gasteiger partial charge >= 0.3 is 0 Å². The molecular formula is C13H24N4. The Labute approximate surface area is 104 Å². The Morgan fingerprint density at radius 3 is 2.76 bits per heavy atom. The molecule has 0 bridgehead atoms. The minimum atomic E-state index is 0.352. The second-order valence-corrected chi connectivity index (χ2v) is 5.51. The predicted octanol–water partition coefficient (Wildman–Crippen LogP) is 2.09. The quantitative estimate of drug-likeness (QED) is 0.855. The van der Waals surface area contributed by atoms with E-state index >= 15 is 0 Å². The van der Waals surface area contributed by atoms with Gasteiger partial charge in [-0.1, -0.05) is 0 Å². The lowest BCUT2D eigenvalue weighted by atomic mass is 10.00. The summed E-state index contributed by atoms with van der Waals surface area (Å²) >= 11 is 0. The molecule has 1 aromatic heterocycles. The molecule has 1 saturated heterocycles. The van der Waals surface area contributed by atoms with E-state index < -0.39 is 0 Å². The number of hydrogen-bond donors (Lipinski definition) is 1. The van der Waals surface area contributed by atoms with Crippen LogP contribution in [0.25, 0.3) is 0 Å². The van der Waals surface area contributed by atoms with Gasteiger partial charge in [-0.2, -0.15) is 0 Å². The molecule has 2 heterocycles. The summed E-state index contributed by atoms with van der Waals surface area (Å²) in [5, 5.41) is 0. The van der Waals surface area contributed by atoms with Gasteiger partial charge in [-0.05, 0) is 40.5 Å². The van der Waals surface area contributed by atoms with Crippen molar-refractivity contribution in [2.24, 2.45) is 5.73 Å². The van der Waals surface area contributed by atoms with E-state index in [9.17, 15) is 0 Å². The largest absolute Gasteiger partial charge is 0.339 e. The molecule has 2 rings (SSSR count). The molecule has 0 radical (unpaired) electrons. The maximum Gasteiger partial charge on any atom is 0.206 e. The van der Waals surface area contributed by atoms with Crippen LogP contribution in [0.5, 0.6) is 0 Å². The summed E-state index contributed by atoms with van der Waals surface area (Å²) in [5.41, 5.74) is 7.11. The van der Waals surface area contributed by atoms with Gasteiger partial charge in [0.25, 0.3) is 0 Å². The van der Waals surface area contributed by atoms with E-state index in [0.717, 1.165) is 31.0 Å². The average Bonchev–Trinajstić information content (AvgIpc) is 2.60. The third-order valence-electron chi connectivity index (χ3n) is 3.56. The summed E-state index contributed by atoms with van der Waals surface area (Å²) in [6.07, 6.45) is 4.26. The van der Waals surface area contributed by atoms with Crippen LogP contribution >= 0.6 is 0 Å². The van der Waals surface area contributed by atoms with Crippen LogP contribution < -0.4 is 10.6 Å². The molecule has 2 unspecified atom stereocenters. The molecular weight excluding hydrogens is 212 g/mol. The Bertz CT molecular complexity index is 383. The van der Waals surface area contributed by atoms with Crippen LogP contribution in [0.1, 0.15) is 45.3 Å². The van der Waals surface area contributed by atoms with Crippen molar-refractivity contribution in [2.75, 3.05) is 11.4 Å². The van der Waals surface area contributed by atoms with E-state index in [1.165, 1.54) is 0 Å². The third kappa shape index (κ3) is 2.46. The van der Waals surface area contributed by atoms with Gasteiger partial charge in [0, 0.05) is 30.9 Å². The highest BCUT2D eigenvalue weighted by Crippen LogP contribution is 2.26. The Morgan fingerprint density at radius 2 is 2.18 bits per heavy atom. The van der Waals surface area contributed by atoms with Crippen molar-refractivity contribution in [2.45, 2.75) is 58.7 Å². The molecule has 1 aliphatic rings. The lowest BCUT2D eigenvalue weighted by Gasteiger charge is -2.37. The molecule has 1 fully saturated rings. The van der Waals surface area contributed by atoms with Crippen LogP contribution in [-0.4, -0.2) is 28.2 Å². The summed E-state index contributed by atoms with van der Waals surface area (Å²) in [6.45, 7) is 9.72. The summed E-state index contributed by atoms with van der Waals surface area (Å²) in [6, 6.07) is 1.29. The number of aromatic nitrogens is 2. The highest BCUT2D eigenvalue weighted by Gasteiger charge is 2.26. The molecule has 96 valence electrons. The number of nitrogens with zero attached hydrogens (tertiary/aromatic N) is 3. The van der Waals surface area contributed by atoms with Crippen molar-refractivity contribution in [3.63, 3.8) is 0 Å². The van der Waals surface area contributed by atoms with Gasteiger partial charge in [-0.15, -0.1) is 0 Å². The zero-order chi connectivity index (χ0) is 12.6. The van der Waals surface area contributed by atoms with E-state index in [1.54, 1.807) is 0 Å². The first-order valence-corrected chi connectivity index (χ1v) is 6.56. The van der Waals surface area contributed by atoms with Gasteiger partial charge in [-0.25, -0.2) is 4.98 Å². The molecule has 4 heteroatoms. The topological polar surface area (TPSA) is 47.1 Å². The highest BCUT2D eigenvalue weighted by molar-refractivity contribution is 5.36. The SMILES string of the molecule is Cc1cn(C(C)C)c(N2CCC(N)CC2C)n1. The highest BCUT2D eigenvalue weighted by atomic mass is 15.3. The zero-order valence-corrected chi connectivity index (χ0v) is 11.3. The van der Waals surface area contributed by atoms with Gasteiger partial charge in [-0.3, -0.25) is 0 Å². The Hall–Kier alpha value is -1.03. The van der Waals surface area contributed by atoms with Crippen LogP contribution in [0.4, 0.5) is 5.95 Å². The molecule has 2 N–H and O–H groups in total. The lowest BCUT2D eigenvalue weighted by molar-refractivity contribution is 0.416. The van der Waals surface area contributed by atoms with E-state index in [-0.39, 0.29) is 0 Å². The molecule has 0 aromatic carbocycles. The third-order valence-corrected chi connectivity index (χ3v) is 3.56. The molecule has 0 spiro atoms. The number of nitrogens with two attached hydrogens (primary N) is 1. The van der Waals surface area contributed by atoms with Gasteiger partial charge in [0.2, 0.25) is 5.95 Å². The van der Waals surface area contributed by atoms with E-state index in [2.05, 4.69) is 48.3 Å².